The summed E-state index contributed by atoms with van der Waals surface area (Å²) >= 11 is 0. The first-order valence-corrected chi connectivity index (χ1v) is 10.6. The van der Waals surface area contributed by atoms with E-state index >= 15 is 0 Å². The fourth-order valence-electron chi connectivity index (χ4n) is 4.74. The van der Waals surface area contributed by atoms with Crippen LogP contribution in [0.25, 0.3) is 11.2 Å². The van der Waals surface area contributed by atoms with E-state index in [1.807, 2.05) is 6.92 Å². The lowest BCUT2D eigenvalue weighted by Gasteiger charge is -2.40. The topological polar surface area (TPSA) is 74.3 Å². The van der Waals surface area contributed by atoms with Crippen molar-refractivity contribution < 1.29 is 4.74 Å². The van der Waals surface area contributed by atoms with Crippen LogP contribution >= 0.6 is 0 Å². The van der Waals surface area contributed by atoms with Crippen molar-refractivity contribution in [2.75, 3.05) is 24.7 Å². The Morgan fingerprint density at radius 3 is 2.61 bits per heavy atom. The number of hydrogen-bond acceptors (Lipinski definition) is 5. The average molecular weight is 390 g/mol. The number of rotatable bonds is 5. The third kappa shape index (κ3) is 3.17. The first kappa shape index (κ1) is 19.2. The van der Waals surface area contributed by atoms with Crippen LogP contribution in [0.3, 0.4) is 0 Å². The van der Waals surface area contributed by atoms with Crippen molar-refractivity contribution in [1.29, 1.82) is 0 Å². The molecule has 154 valence electrons. The van der Waals surface area contributed by atoms with E-state index in [2.05, 4.69) is 16.4 Å². The van der Waals surface area contributed by atoms with Gasteiger partial charge in [0.2, 0.25) is 5.95 Å². The first-order valence-electron chi connectivity index (χ1n) is 10.6. The summed E-state index contributed by atoms with van der Waals surface area (Å²) in [5.41, 5.74) is 0.452. The smallest absolute Gasteiger partial charge is 0.332 e. The number of imidazole rings is 1. The largest absolute Gasteiger partial charge is 0.380 e. The highest BCUT2D eigenvalue weighted by molar-refractivity contribution is 5.75. The molecular formula is C20H31N5O3. The molecule has 0 radical (unpaired) electrons. The van der Waals surface area contributed by atoms with E-state index in [4.69, 9.17) is 9.72 Å². The van der Waals surface area contributed by atoms with Crippen LogP contribution in [0.4, 0.5) is 5.95 Å². The van der Waals surface area contributed by atoms with Crippen LogP contribution in [-0.4, -0.2) is 44.5 Å². The predicted octanol–water partition coefficient (Wildman–Crippen LogP) is 1.72. The van der Waals surface area contributed by atoms with E-state index < -0.39 is 0 Å². The van der Waals surface area contributed by atoms with Crippen LogP contribution in [0.15, 0.2) is 9.59 Å². The standard InChI is InChI=1S/C20H31N5O3/c1-4-28-11-10-23-18(26)16-17(22(3)20(23)27)21-19-24(12-14(2)13-25(16)19)15-8-6-5-7-9-15/h14-15H,4-13H2,1-3H3. The molecule has 8 nitrogen and oxygen atoms in total. The average Bonchev–Trinajstić information content (AvgIpc) is 3.08. The lowest BCUT2D eigenvalue weighted by atomic mass is 9.93. The van der Waals surface area contributed by atoms with Gasteiger partial charge in [-0.25, -0.2) is 4.79 Å². The molecule has 1 saturated carbocycles. The van der Waals surface area contributed by atoms with Gasteiger partial charge in [0.15, 0.2) is 11.2 Å². The Hall–Kier alpha value is -2.09. The normalized spacial score (nSPS) is 20.7. The minimum absolute atomic E-state index is 0.255. The van der Waals surface area contributed by atoms with Gasteiger partial charge in [-0.3, -0.25) is 13.9 Å². The molecule has 0 aromatic carbocycles. The van der Waals surface area contributed by atoms with Crippen LogP contribution in [0.1, 0.15) is 46.0 Å². The second kappa shape index (κ2) is 7.73. The summed E-state index contributed by atoms with van der Waals surface area (Å²) in [6.07, 6.45) is 6.15. The van der Waals surface area contributed by atoms with Crippen molar-refractivity contribution in [2.24, 2.45) is 13.0 Å². The second-order valence-electron chi connectivity index (χ2n) is 8.24. The maximum Gasteiger partial charge on any atom is 0.332 e. The molecule has 0 saturated heterocycles. The molecule has 0 amide bonds. The Labute approximate surface area is 164 Å². The summed E-state index contributed by atoms with van der Waals surface area (Å²) < 4.78 is 10.2. The predicted molar refractivity (Wildman–Crippen MR) is 109 cm³/mol. The van der Waals surface area contributed by atoms with Crippen LogP contribution in [0, 0.1) is 5.92 Å². The maximum atomic E-state index is 13.2. The maximum absolute atomic E-state index is 13.2. The lowest BCUT2D eigenvalue weighted by Crippen LogP contribution is -2.45. The van der Waals surface area contributed by atoms with Gasteiger partial charge in [-0.1, -0.05) is 26.2 Å². The number of aromatic nitrogens is 4. The summed E-state index contributed by atoms with van der Waals surface area (Å²) in [6, 6.07) is 0.476. The van der Waals surface area contributed by atoms with Crippen molar-refractivity contribution in [3.05, 3.63) is 20.8 Å². The molecule has 4 rings (SSSR count). The van der Waals surface area contributed by atoms with Gasteiger partial charge in [-0.05, 0) is 25.7 Å². The summed E-state index contributed by atoms with van der Waals surface area (Å²) in [7, 11) is 1.70. The van der Waals surface area contributed by atoms with Crippen molar-refractivity contribution in [3.8, 4) is 0 Å². The highest BCUT2D eigenvalue weighted by atomic mass is 16.5. The molecule has 2 aliphatic rings. The molecule has 3 heterocycles. The summed E-state index contributed by atoms with van der Waals surface area (Å²) in [5.74, 6) is 1.29. The molecule has 1 fully saturated rings. The minimum Gasteiger partial charge on any atom is -0.380 e. The number of aryl methyl sites for hydroxylation is 1. The van der Waals surface area contributed by atoms with Crippen LogP contribution in [0.5, 0.6) is 0 Å². The molecule has 1 aliphatic carbocycles. The Kier molecular flexibility index (Phi) is 5.31. The van der Waals surface area contributed by atoms with Gasteiger partial charge in [0.25, 0.3) is 5.56 Å². The quantitative estimate of drug-likeness (QED) is 0.728. The van der Waals surface area contributed by atoms with Crippen LogP contribution < -0.4 is 16.1 Å². The van der Waals surface area contributed by atoms with Crippen molar-refractivity contribution in [3.63, 3.8) is 0 Å². The van der Waals surface area contributed by atoms with Gasteiger partial charge >= 0.3 is 5.69 Å². The van der Waals surface area contributed by atoms with Crippen LogP contribution in [0.2, 0.25) is 0 Å². The highest BCUT2D eigenvalue weighted by Gasteiger charge is 2.33. The molecule has 1 unspecified atom stereocenters. The fraction of sp³-hybridized carbons (Fsp3) is 0.750. The first-order chi connectivity index (χ1) is 13.5. The lowest BCUT2D eigenvalue weighted by molar-refractivity contribution is 0.137. The van der Waals surface area contributed by atoms with Gasteiger partial charge in [0, 0.05) is 32.8 Å². The Balaban J connectivity index is 1.85. The van der Waals surface area contributed by atoms with E-state index in [-0.39, 0.29) is 17.8 Å². The molecule has 1 atom stereocenters. The molecule has 8 heteroatoms. The number of anilines is 1. The van der Waals surface area contributed by atoms with Crippen molar-refractivity contribution in [1.82, 2.24) is 18.7 Å². The third-order valence-electron chi connectivity index (χ3n) is 6.15. The molecule has 2 aromatic rings. The summed E-state index contributed by atoms with van der Waals surface area (Å²) in [5, 5.41) is 0. The highest BCUT2D eigenvalue weighted by Crippen LogP contribution is 2.32. The number of hydrogen-bond donors (Lipinski definition) is 0. The molecule has 0 N–H and O–H groups in total. The summed E-state index contributed by atoms with van der Waals surface area (Å²) in [6.45, 7) is 7.01. The molecular weight excluding hydrogens is 358 g/mol. The fourth-order valence-corrected chi connectivity index (χ4v) is 4.74. The molecule has 0 bridgehead atoms. The third-order valence-corrected chi connectivity index (χ3v) is 6.15. The SMILES string of the molecule is CCOCCn1c(=O)c2c(nc3n2CC(C)CN3C2CCCCC2)n(C)c1=O. The van der Waals surface area contributed by atoms with E-state index in [0.29, 0.717) is 36.3 Å². The molecule has 2 aromatic heterocycles. The zero-order valence-corrected chi connectivity index (χ0v) is 17.2. The Morgan fingerprint density at radius 1 is 1.14 bits per heavy atom. The molecule has 0 spiro atoms. The van der Waals surface area contributed by atoms with E-state index in [1.54, 1.807) is 7.05 Å². The van der Waals surface area contributed by atoms with Crippen molar-refractivity contribution >= 4 is 17.1 Å². The molecule has 28 heavy (non-hydrogen) atoms. The zero-order chi connectivity index (χ0) is 19.8. The van der Waals surface area contributed by atoms with Crippen molar-refractivity contribution in [2.45, 2.75) is 65.1 Å². The van der Waals surface area contributed by atoms with Crippen LogP contribution in [-0.2, 0) is 24.9 Å². The zero-order valence-electron chi connectivity index (χ0n) is 17.2. The van der Waals surface area contributed by atoms with E-state index in [9.17, 15) is 9.59 Å². The van der Waals surface area contributed by atoms with E-state index in [0.717, 1.165) is 19.0 Å². The monoisotopic (exact) mass is 389 g/mol. The number of nitrogens with zero attached hydrogens (tertiary/aromatic N) is 5. The number of ether oxygens (including phenoxy) is 1. The second-order valence-corrected chi connectivity index (χ2v) is 8.24. The molecule has 1 aliphatic heterocycles. The van der Waals surface area contributed by atoms with Gasteiger partial charge < -0.3 is 14.2 Å². The number of fused-ring (bicyclic) bond motifs is 3. The van der Waals surface area contributed by atoms with E-state index in [1.165, 1.54) is 41.2 Å². The minimum atomic E-state index is -0.329. The van der Waals surface area contributed by atoms with Gasteiger partial charge in [0.1, 0.15) is 0 Å². The Bertz CT molecular complexity index is 967. The Morgan fingerprint density at radius 2 is 1.89 bits per heavy atom. The van der Waals surface area contributed by atoms with Gasteiger partial charge in [0.05, 0.1) is 13.2 Å². The van der Waals surface area contributed by atoms with Gasteiger partial charge in [-0.2, -0.15) is 4.98 Å². The van der Waals surface area contributed by atoms with Gasteiger partial charge in [-0.15, -0.1) is 0 Å². The summed E-state index contributed by atoms with van der Waals surface area (Å²) in [4.78, 5) is 33.2.